The smallest absolute Gasteiger partial charge is 0.256 e. The Morgan fingerprint density at radius 2 is 1.96 bits per heavy atom. The first kappa shape index (κ1) is 22.3. The van der Waals surface area contributed by atoms with Crippen molar-refractivity contribution < 1.29 is 4.79 Å². The van der Waals surface area contributed by atoms with E-state index in [-0.39, 0.29) is 22.2 Å². The average Bonchev–Trinajstić information content (AvgIpc) is 2.86. The van der Waals surface area contributed by atoms with E-state index in [9.17, 15) is 4.79 Å². The van der Waals surface area contributed by atoms with Crippen LogP contribution in [0.3, 0.4) is 0 Å². The molecule has 1 saturated heterocycles. The van der Waals surface area contributed by atoms with Crippen LogP contribution in [-0.4, -0.2) is 38.8 Å². The molecule has 2 rings (SSSR count). The van der Waals surface area contributed by atoms with Crippen molar-refractivity contribution in [3.8, 4) is 0 Å². The van der Waals surface area contributed by atoms with E-state index in [0.29, 0.717) is 21.6 Å². The molecule has 1 aromatic carbocycles. The highest BCUT2D eigenvalue weighted by Crippen LogP contribution is 2.46. The van der Waals surface area contributed by atoms with Crippen LogP contribution in [0.5, 0.6) is 0 Å². The average molecular weight is 428 g/mol. The summed E-state index contributed by atoms with van der Waals surface area (Å²) in [5, 5.41) is 7.95. The zero-order valence-corrected chi connectivity index (χ0v) is 19.1. The standard InChI is InChI=1S/C20H30ClN3OS2/c1-6-7-12-22-19(26)23-18-20(4,5)27-17(13(2)3)24(18)16(25)14-8-10-15(21)11-9-14/h8-11,13,17-18H,6-7,12H2,1-5H3,(H2,22,23,26). The monoisotopic (exact) mass is 427 g/mol. The first-order valence-electron chi connectivity index (χ1n) is 9.47. The highest BCUT2D eigenvalue weighted by molar-refractivity contribution is 8.01. The molecular formula is C20H30ClN3OS2. The zero-order chi connectivity index (χ0) is 20.2. The fourth-order valence-corrected chi connectivity index (χ4v) is 5.01. The highest BCUT2D eigenvalue weighted by atomic mass is 35.5. The Hall–Kier alpha value is -0.980. The van der Waals surface area contributed by atoms with Gasteiger partial charge in [0.05, 0.1) is 10.1 Å². The Morgan fingerprint density at radius 3 is 2.52 bits per heavy atom. The zero-order valence-electron chi connectivity index (χ0n) is 16.7. The number of rotatable bonds is 6. The lowest BCUT2D eigenvalue weighted by atomic mass is 10.1. The number of hydrogen-bond acceptors (Lipinski definition) is 3. The molecule has 150 valence electrons. The molecule has 0 saturated carbocycles. The first-order chi connectivity index (χ1) is 12.7. The van der Waals surface area contributed by atoms with Gasteiger partial charge in [0.1, 0.15) is 6.17 Å². The molecule has 1 aromatic rings. The summed E-state index contributed by atoms with van der Waals surface area (Å²) < 4.78 is -0.173. The van der Waals surface area contributed by atoms with Gasteiger partial charge >= 0.3 is 0 Å². The molecule has 0 aromatic heterocycles. The van der Waals surface area contributed by atoms with Crippen molar-refractivity contribution in [2.45, 2.75) is 63.7 Å². The summed E-state index contributed by atoms with van der Waals surface area (Å²) in [6.07, 6.45) is 1.98. The summed E-state index contributed by atoms with van der Waals surface area (Å²) in [5.74, 6) is 0.316. The number of hydrogen-bond donors (Lipinski definition) is 2. The maximum atomic E-state index is 13.4. The molecule has 27 heavy (non-hydrogen) atoms. The first-order valence-corrected chi connectivity index (χ1v) is 11.1. The number of thiocarbonyl (C=S) groups is 1. The van der Waals surface area contributed by atoms with Crippen LogP contribution in [0, 0.1) is 5.92 Å². The predicted octanol–water partition coefficient (Wildman–Crippen LogP) is 4.88. The van der Waals surface area contributed by atoms with E-state index >= 15 is 0 Å². The number of amides is 1. The molecule has 4 nitrogen and oxygen atoms in total. The van der Waals surface area contributed by atoms with Crippen molar-refractivity contribution >= 4 is 46.6 Å². The Bertz CT molecular complexity index is 664. The number of benzene rings is 1. The summed E-state index contributed by atoms with van der Waals surface area (Å²) in [6, 6.07) is 7.08. The van der Waals surface area contributed by atoms with E-state index < -0.39 is 0 Å². The van der Waals surface area contributed by atoms with Crippen LogP contribution in [0.4, 0.5) is 0 Å². The van der Waals surface area contributed by atoms with E-state index in [4.69, 9.17) is 23.8 Å². The second-order valence-corrected chi connectivity index (χ2v) is 10.3. The third-order valence-electron chi connectivity index (χ3n) is 4.62. The minimum atomic E-state index is -0.195. The van der Waals surface area contributed by atoms with Crippen LogP contribution >= 0.6 is 35.6 Å². The van der Waals surface area contributed by atoms with Gasteiger partial charge < -0.3 is 15.5 Å². The minimum Gasteiger partial charge on any atom is -0.363 e. The quantitative estimate of drug-likeness (QED) is 0.500. The summed E-state index contributed by atoms with van der Waals surface area (Å²) in [7, 11) is 0. The van der Waals surface area contributed by atoms with Gasteiger partial charge in [0, 0.05) is 17.1 Å². The number of nitrogens with zero attached hydrogens (tertiary/aromatic N) is 1. The van der Waals surface area contributed by atoms with Gasteiger partial charge in [0.25, 0.3) is 5.91 Å². The van der Waals surface area contributed by atoms with Gasteiger partial charge in [0.2, 0.25) is 0 Å². The van der Waals surface area contributed by atoms with Crippen LogP contribution in [0.15, 0.2) is 24.3 Å². The van der Waals surface area contributed by atoms with Gasteiger partial charge in [-0.3, -0.25) is 4.79 Å². The van der Waals surface area contributed by atoms with E-state index in [2.05, 4.69) is 45.3 Å². The van der Waals surface area contributed by atoms with Gasteiger partial charge in [-0.2, -0.15) is 0 Å². The maximum Gasteiger partial charge on any atom is 0.256 e. The molecule has 1 amide bonds. The maximum absolute atomic E-state index is 13.4. The van der Waals surface area contributed by atoms with Gasteiger partial charge in [-0.1, -0.05) is 38.8 Å². The largest absolute Gasteiger partial charge is 0.363 e. The Labute approximate surface area is 177 Å². The third kappa shape index (κ3) is 5.52. The number of thioether (sulfide) groups is 1. The molecule has 0 bridgehead atoms. The Balaban J connectivity index is 2.27. The second kappa shape index (κ2) is 9.48. The van der Waals surface area contributed by atoms with Crippen molar-refractivity contribution in [3.63, 3.8) is 0 Å². The lowest BCUT2D eigenvalue weighted by Gasteiger charge is -2.35. The molecule has 1 fully saturated rings. The molecular weight excluding hydrogens is 398 g/mol. The predicted molar refractivity (Wildman–Crippen MR) is 120 cm³/mol. The van der Waals surface area contributed by atoms with Crippen LogP contribution in [0.2, 0.25) is 5.02 Å². The summed E-state index contributed by atoms with van der Waals surface area (Å²) in [6.45, 7) is 11.6. The Kier molecular flexibility index (Phi) is 7.83. The number of unbranched alkanes of at least 4 members (excludes halogenated alkanes) is 1. The second-order valence-electron chi connectivity index (χ2n) is 7.73. The molecule has 0 radical (unpaired) electrons. The third-order valence-corrected chi connectivity index (χ3v) is 6.97. The molecule has 2 unspecified atom stereocenters. The summed E-state index contributed by atoms with van der Waals surface area (Å²) >= 11 is 13.3. The lowest BCUT2D eigenvalue weighted by Crippen LogP contribution is -2.58. The minimum absolute atomic E-state index is 0.00250. The molecule has 7 heteroatoms. The molecule has 2 N–H and O–H groups in total. The number of carbonyl (C=O) groups is 1. The van der Waals surface area contributed by atoms with Crippen LogP contribution in [0.25, 0.3) is 0 Å². The van der Waals surface area contributed by atoms with Crippen molar-refractivity contribution in [1.29, 1.82) is 0 Å². The molecule has 1 aliphatic heterocycles. The Morgan fingerprint density at radius 1 is 1.33 bits per heavy atom. The molecule has 0 aliphatic carbocycles. The fourth-order valence-electron chi connectivity index (χ4n) is 3.14. The topological polar surface area (TPSA) is 44.4 Å². The summed E-state index contributed by atoms with van der Waals surface area (Å²) in [5.41, 5.74) is 0.639. The number of nitrogens with one attached hydrogen (secondary N) is 2. The van der Waals surface area contributed by atoms with Crippen molar-refractivity contribution in [1.82, 2.24) is 15.5 Å². The van der Waals surface area contributed by atoms with E-state index in [1.54, 1.807) is 24.3 Å². The van der Waals surface area contributed by atoms with Crippen LogP contribution in [-0.2, 0) is 0 Å². The normalized spacial score (nSPS) is 21.4. The lowest BCUT2D eigenvalue weighted by molar-refractivity contribution is 0.0603. The molecule has 1 aliphatic rings. The summed E-state index contributed by atoms with van der Waals surface area (Å²) in [4.78, 5) is 15.3. The molecule has 0 spiro atoms. The van der Waals surface area contributed by atoms with Gasteiger partial charge in [0.15, 0.2) is 5.11 Å². The van der Waals surface area contributed by atoms with Crippen molar-refractivity contribution in [2.24, 2.45) is 5.92 Å². The van der Waals surface area contributed by atoms with Crippen molar-refractivity contribution in [2.75, 3.05) is 6.54 Å². The van der Waals surface area contributed by atoms with Crippen LogP contribution in [0.1, 0.15) is 57.8 Å². The SMILES string of the molecule is CCCCNC(=S)NC1N(C(=O)c2ccc(Cl)cc2)C(C(C)C)SC1(C)C. The van der Waals surface area contributed by atoms with Gasteiger partial charge in [-0.25, -0.2) is 0 Å². The highest BCUT2D eigenvalue weighted by Gasteiger charge is 2.50. The van der Waals surface area contributed by atoms with Gasteiger partial charge in [-0.05, 0) is 62.7 Å². The molecule has 1 heterocycles. The number of carbonyl (C=O) groups excluding carboxylic acids is 1. The van der Waals surface area contributed by atoms with E-state index in [0.717, 1.165) is 19.4 Å². The van der Waals surface area contributed by atoms with Gasteiger partial charge in [-0.15, -0.1) is 11.8 Å². The number of halogens is 1. The van der Waals surface area contributed by atoms with Crippen LogP contribution < -0.4 is 10.6 Å². The van der Waals surface area contributed by atoms with E-state index in [1.807, 2.05) is 16.7 Å². The van der Waals surface area contributed by atoms with Crippen molar-refractivity contribution in [3.05, 3.63) is 34.9 Å². The van der Waals surface area contributed by atoms with E-state index in [1.165, 1.54) is 0 Å². The fraction of sp³-hybridized carbons (Fsp3) is 0.600. The molecule has 2 atom stereocenters.